The van der Waals surface area contributed by atoms with Crippen molar-refractivity contribution in [2.75, 3.05) is 6.61 Å². The van der Waals surface area contributed by atoms with Gasteiger partial charge >= 0.3 is 0 Å². The number of aliphatic hydroxyl groups excluding tert-OH is 1. The fraction of sp³-hybridized carbons (Fsp3) is 1.00. The topological polar surface area (TPSA) is 20.2 Å². The molecule has 1 N–H and O–H groups in total. The first kappa shape index (κ1) is 16.8. The van der Waals surface area contributed by atoms with Gasteiger partial charge in [0.2, 0.25) is 0 Å². The zero-order chi connectivity index (χ0) is 2.71. The van der Waals surface area contributed by atoms with E-state index in [0.29, 0.717) is 0 Å². The van der Waals surface area contributed by atoms with Crippen LogP contribution in [0.15, 0.2) is 0 Å². The van der Waals surface area contributed by atoms with E-state index in [1.54, 1.807) is 6.92 Å². The second kappa shape index (κ2) is 20.4. The van der Waals surface area contributed by atoms with Gasteiger partial charge in [0.1, 0.15) is 0 Å². The van der Waals surface area contributed by atoms with E-state index in [4.69, 9.17) is 5.11 Å². The Morgan fingerprint density at radius 1 is 1.60 bits per heavy atom. The maximum Gasteiger partial charge on any atom is 0.0402 e. The molecule has 0 aromatic rings. The molecule has 0 saturated carbocycles. The predicted octanol–water partition coefficient (Wildman–Crippen LogP) is 0.418. The summed E-state index contributed by atoms with van der Waals surface area (Å²) in [6.07, 6.45) is 0. The van der Waals surface area contributed by atoms with Crippen LogP contribution in [-0.4, -0.2) is 11.7 Å². The zero-order valence-corrected chi connectivity index (χ0v) is 5.97. The Balaban J connectivity index is -0.0000000200. The first-order chi connectivity index (χ1) is 1.41. The van der Waals surface area contributed by atoms with Gasteiger partial charge in [0.05, 0.1) is 0 Å². The number of hydrogen-bond donors (Lipinski definition) is 1. The van der Waals surface area contributed by atoms with Gasteiger partial charge in [0.25, 0.3) is 0 Å². The summed E-state index contributed by atoms with van der Waals surface area (Å²) in [6, 6.07) is 0. The number of rotatable bonds is 0. The van der Waals surface area contributed by atoms with Gasteiger partial charge in [-0.15, -0.1) is 12.4 Å². The van der Waals surface area contributed by atoms with Crippen LogP contribution < -0.4 is 0 Å². The third-order valence-electron chi connectivity index (χ3n) is 0. The molecule has 0 rings (SSSR count). The Morgan fingerprint density at radius 2 is 1.60 bits per heavy atom. The molecule has 0 saturated heterocycles. The predicted molar refractivity (Wildman–Crippen MR) is 20.0 cm³/mol. The molecule has 0 bridgehead atoms. The zero-order valence-electron chi connectivity index (χ0n) is 2.88. The summed E-state index contributed by atoms with van der Waals surface area (Å²) < 4.78 is 0. The van der Waals surface area contributed by atoms with Crippen molar-refractivity contribution >= 4 is 12.4 Å². The van der Waals surface area contributed by atoms with Crippen LogP contribution in [0.2, 0.25) is 0 Å². The minimum atomic E-state index is 0. The summed E-state index contributed by atoms with van der Waals surface area (Å²) in [5, 5.41) is 7.57. The molecule has 3 heteroatoms. The van der Waals surface area contributed by atoms with Crippen molar-refractivity contribution < 1.29 is 26.2 Å². The second-order valence-electron chi connectivity index (χ2n) is 0.316. The molecule has 0 spiro atoms. The van der Waals surface area contributed by atoms with E-state index in [2.05, 4.69) is 0 Å². The molecular weight excluding hydrogens is 271 g/mol. The van der Waals surface area contributed by atoms with Gasteiger partial charge in [-0.25, -0.2) is 0 Å². The minimum absolute atomic E-state index is 0. The second-order valence-corrected chi connectivity index (χ2v) is 0.316. The Bertz CT molecular complexity index is 9.61. The van der Waals surface area contributed by atoms with E-state index in [1.165, 1.54) is 0 Å². The molecule has 0 fully saturated rings. The number of aliphatic hydroxyl groups is 1. The van der Waals surface area contributed by atoms with Crippen LogP contribution in [0.5, 0.6) is 0 Å². The standard InChI is InChI=1S/C2H6O.ClH.Pt/c1-2-3;;/h3H,2H2,1H3;1H;. The first-order valence-corrected chi connectivity index (χ1v) is 1.02. The van der Waals surface area contributed by atoms with Crippen LogP contribution in [0.25, 0.3) is 0 Å². The Labute approximate surface area is 52.4 Å². The van der Waals surface area contributed by atoms with E-state index < -0.39 is 0 Å². The van der Waals surface area contributed by atoms with Gasteiger partial charge in [-0.1, -0.05) is 0 Å². The third kappa shape index (κ3) is 48.4. The van der Waals surface area contributed by atoms with Crippen molar-refractivity contribution in [3.05, 3.63) is 0 Å². The van der Waals surface area contributed by atoms with E-state index in [0.717, 1.165) is 0 Å². The SMILES string of the molecule is CCO.Cl.[Pt]. The molecule has 1 nitrogen and oxygen atoms in total. The molecular formula is C2H7ClOPt. The van der Waals surface area contributed by atoms with E-state index >= 15 is 0 Å². The molecule has 0 aromatic heterocycles. The fourth-order valence-electron chi connectivity index (χ4n) is 0. The van der Waals surface area contributed by atoms with Gasteiger partial charge in [-0.05, 0) is 6.92 Å². The van der Waals surface area contributed by atoms with Crippen molar-refractivity contribution in [1.82, 2.24) is 0 Å². The number of hydrogen-bond acceptors (Lipinski definition) is 1. The first-order valence-electron chi connectivity index (χ1n) is 1.02. The van der Waals surface area contributed by atoms with Crippen LogP contribution >= 0.6 is 12.4 Å². The molecule has 0 heterocycles. The van der Waals surface area contributed by atoms with Crippen molar-refractivity contribution in [1.29, 1.82) is 0 Å². The Hall–Kier alpha value is 0.938. The quantitative estimate of drug-likeness (QED) is 0.680. The van der Waals surface area contributed by atoms with Gasteiger partial charge in [0, 0.05) is 27.7 Å². The molecule has 0 radical (unpaired) electrons. The normalized spacial score (nSPS) is 3.60. The largest absolute Gasteiger partial charge is 0.397 e. The van der Waals surface area contributed by atoms with Gasteiger partial charge in [-0.3, -0.25) is 0 Å². The summed E-state index contributed by atoms with van der Waals surface area (Å²) in [6.45, 7) is 1.93. The summed E-state index contributed by atoms with van der Waals surface area (Å²) in [7, 11) is 0. The average molecular weight is 278 g/mol. The van der Waals surface area contributed by atoms with Crippen LogP contribution in [0.4, 0.5) is 0 Å². The minimum Gasteiger partial charge on any atom is -0.397 e. The van der Waals surface area contributed by atoms with E-state index in [9.17, 15) is 0 Å². The molecule has 5 heavy (non-hydrogen) atoms. The Morgan fingerprint density at radius 3 is 1.60 bits per heavy atom. The van der Waals surface area contributed by atoms with Crippen molar-refractivity contribution in [3.63, 3.8) is 0 Å². The van der Waals surface area contributed by atoms with Gasteiger partial charge in [0.15, 0.2) is 0 Å². The maximum absolute atomic E-state index is 7.57. The molecule has 0 aromatic carbocycles. The molecule has 0 aliphatic carbocycles. The molecule has 0 amide bonds. The monoisotopic (exact) mass is 277 g/mol. The van der Waals surface area contributed by atoms with E-state index in [1.807, 2.05) is 0 Å². The van der Waals surface area contributed by atoms with Crippen LogP contribution in [0.3, 0.4) is 0 Å². The molecule has 38 valence electrons. The van der Waals surface area contributed by atoms with E-state index in [-0.39, 0.29) is 40.1 Å². The Kier molecular flexibility index (Phi) is 68.4. The van der Waals surface area contributed by atoms with Gasteiger partial charge in [-0.2, -0.15) is 0 Å². The third-order valence-corrected chi connectivity index (χ3v) is 0. The van der Waals surface area contributed by atoms with Crippen LogP contribution in [0.1, 0.15) is 6.92 Å². The van der Waals surface area contributed by atoms with Gasteiger partial charge < -0.3 is 5.11 Å². The fourth-order valence-corrected chi connectivity index (χ4v) is 0. The van der Waals surface area contributed by atoms with Crippen molar-refractivity contribution in [3.8, 4) is 0 Å². The maximum atomic E-state index is 7.57. The molecule has 0 aliphatic heterocycles. The smallest absolute Gasteiger partial charge is 0.0402 e. The van der Waals surface area contributed by atoms with Crippen molar-refractivity contribution in [2.24, 2.45) is 0 Å². The summed E-state index contributed by atoms with van der Waals surface area (Å²) in [4.78, 5) is 0. The summed E-state index contributed by atoms with van der Waals surface area (Å²) >= 11 is 0. The van der Waals surface area contributed by atoms with Crippen LogP contribution in [0, 0.1) is 0 Å². The molecule has 0 aliphatic rings. The summed E-state index contributed by atoms with van der Waals surface area (Å²) in [5.74, 6) is 0. The molecule has 0 atom stereocenters. The van der Waals surface area contributed by atoms with Crippen molar-refractivity contribution in [2.45, 2.75) is 6.92 Å². The number of halogens is 1. The molecule has 0 unspecified atom stereocenters. The van der Waals surface area contributed by atoms with Crippen LogP contribution in [-0.2, 0) is 21.1 Å². The summed E-state index contributed by atoms with van der Waals surface area (Å²) in [5.41, 5.74) is 0. The average Bonchev–Trinajstić information content (AvgIpc) is 0.918.